The van der Waals surface area contributed by atoms with Gasteiger partial charge in [-0.25, -0.2) is 4.98 Å². The number of nitrogen functional groups attached to an aromatic ring is 1. The molecule has 0 atom stereocenters. The Morgan fingerprint density at radius 3 is 2.50 bits per heavy atom. The van der Waals surface area contributed by atoms with Gasteiger partial charge in [0.1, 0.15) is 5.82 Å². The topological polar surface area (TPSA) is 97.3 Å². The number of hydrogen-bond acceptors (Lipinski definition) is 7. The molecule has 2 N–H and O–H groups in total. The summed E-state index contributed by atoms with van der Waals surface area (Å²) in [5, 5.41) is 9.57. The highest BCUT2D eigenvalue weighted by atomic mass is 16.5. The van der Waals surface area contributed by atoms with E-state index in [0.29, 0.717) is 35.6 Å². The Bertz CT molecular complexity index is 779. The number of anilines is 2. The van der Waals surface area contributed by atoms with E-state index >= 15 is 0 Å². The number of benzene rings is 1. The van der Waals surface area contributed by atoms with E-state index in [2.05, 4.69) is 20.9 Å². The third-order valence-electron chi connectivity index (χ3n) is 4.50. The third-order valence-corrected chi connectivity index (χ3v) is 4.50. The number of nitrogens with two attached hydrogens (primary N) is 1. The van der Waals surface area contributed by atoms with Crippen LogP contribution in [-0.2, 0) is 0 Å². The van der Waals surface area contributed by atoms with E-state index in [1.54, 1.807) is 20.3 Å². The molecular weight excluding hydrogens is 306 g/mol. The van der Waals surface area contributed by atoms with Crippen LogP contribution >= 0.6 is 0 Å². The van der Waals surface area contributed by atoms with Crippen molar-refractivity contribution in [2.75, 3.05) is 37.9 Å². The van der Waals surface area contributed by atoms with E-state index in [1.807, 2.05) is 6.07 Å². The summed E-state index contributed by atoms with van der Waals surface area (Å²) in [5.74, 6) is 2.73. The fourth-order valence-corrected chi connectivity index (χ4v) is 3.07. The van der Waals surface area contributed by atoms with Gasteiger partial charge < -0.3 is 20.1 Å². The van der Waals surface area contributed by atoms with E-state index < -0.39 is 0 Å². The molecule has 24 heavy (non-hydrogen) atoms. The zero-order valence-corrected chi connectivity index (χ0v) is 14.0. The van der Waals surface area contributed by atoms with Crippen LogP contribution in [0.15, 0.2) is 12.1 Å². The molecule has 0 saturated carbocycles. The monoisotopic (exact) mass is 327 g/mol. The van der Waals surface area contributed by atoms with Crippen LogP contribution < -0.4 is 20.1 Å². The van der Waals surface area contributed by atoms with Crippen molar-refractivity contribution in [1.82, 2.24) is 9.97 Å². The number of nitriles is 1. The minimum absolute atomic E-state index is 0.426. The molecular formula is C17H21N5O2. The lowest BCUT2D eigenvalue weighted by Gasteiger charge is -2.31. The van der Waals surface area contributed by atoms with Crippen molar-refractivity contribution in [3.8, 4) is 17.6 Å². The Morgan fingerprint density at radius 1 is 1.21 bits per heavy atom. The molecule has 1 aliphatic rings. The van der Waals surface area contributed by atoms with Crippen LogP contribution in [0.3, 0.4) is 0 Å². The van der Waals surface area contributed by atoms with Crippen LogP contribution in [0.4, 0.5) is 11.8 Å². The highest BCUT2D eigenvalue weighted by molar-refractivity contribution is 5.91. The average molecular weight is 327 g/mol. The molecule has 1 aromatic heterocycles. The molecule has 0 aliphatic carbocycles. The molecule has 1 fully saturated rings. The van der Waals surface area contributed by atoms with Crippen LogP contribution in [0.5, 0.6) is 11.5 Å². The number of methoxy groups -OCH3 is 2. The molecule has 7 nitrogen and oxygen atoms in total. The molecule has 0 unspecified atom stereocenters. The van der Waals surface area contributed by atoms with Crippen molar-refractivity contribution in [2.45, 2.75) is 19.3 Å². The van der Waals surface area contributed by atoms with Gasteiger partial charge in [-0.15, -0.1) is 0 Å². The number of rotatable bonds is 4. The molecule has 126 valence electrons. The molecule has 0 amide bonds. The highest BCUT2D eigenvalue weighted by Gasteiger charge is 2.22. The van der Waals surface area contributed by atoms with Gasteiger partial charge in [0.05, 0.1) is 25.8 Å². The zero-order valence-electron chi connectivity index (χ0n) is 14.0. The van der Waals surface area contributed by atoms with Gasteiger partial charge in [-0.1, -0.05) is 0 Å². The Balaban J connectivity index is 1.92. The predicted molar refractivity (Wildman–Crippen MR) is 92.2 cm³/mol. The van der Waals surface area contributed by atoms with E-state index in [-0.39, 0.29) is 0 Å². The summed E-state index contributed by atoms with van der Waals surface area (Å²) < 4.78 is 10.6. The molecule has 3 rings (SSSR count). The largest absolute Gasteiger partial charge is 0.493 e. The van der Waals surface area contributed by atoms with Gasteiger partial charge in [0.2, 0.25) is 5.95 Å². The second-order valence-electron chi connectivity index (χ2n) is 5.93. The minimum atomic E-state index is 0.426. The summed E-state index contributed by atoms with van der Waals surface area (Å²) in [7, 11) is 3.18. The van der Waals surface area contributed by atoms with Crippen LogP contribution in [0.1, 0.15) is 19.3 Å². The van der Waals surface area contributed by atoms with Crippen molar-refractivity contribution >= 4 is 22.7 Å². The SMILES string of the molecule is COc1cc2nc(N3CCC(CC#N)CC3)nc(N)c2cc1OC. The summed E-state index contributed by atoms with van der Waals surface area (Å²) in [5.41, 5.74) is 6.87. The normalized spacial score (nSPS) is 15.3. The molecule has 0 spiro atoms. The first-order valence-electron chi connectivity index (χ1n) is 7.97. The highest BCUT2D eigenvalue weighted by Crippen LogP contribution is 2.34. The Kier molecular flexibility index (Phi) is 4.56. The van der Waals surface area contributed by atoms with Crippen molar-refractivity contribution in [3.05, 3.63) is 12.1 Å². The van der Waals surface area contributed by atoms with Gasteiger partial charge in [0.15, 0.2) is 11.5 Å². The van der Waals surface area contributed by atoms with E-state index in [9.17, 15) is 0 Å². The van der Waals surface area contributed by atoms with Gasteiger partial charge in [0, 0.05) is 31.0 Å². The fraction of sp³-hybridized carbons (Fsp3) is 0.471. The number of ether oxygens (including phenoxy) is 2. The summed E-state index contributed by atoms with van der Waals surface area (Å²) in [6.45, 7) is 1.68. The summed E-state index contributed by atoms with van der Waals surface area (Å²) >= 11 is 0. The summed E-state index contributed by atoms with van der Waals surface area (Å²) in [6, 6.07) is 5.87. The Hall–Kier alpha value is -2.75. The molecule has 0 bridgehead atoms. The van der Waals surface area contributed by atoms with Crippen LogP contribution in [-0.4, -0.2) is 37.3 Å². The number of piperidine rings is 1. The quantitative estimate of drug-likeness (QED) is 0.920. The van der Waals surface area contributed by atoms with Crippen LogP contribution in [0.2, 0.25) is 0 Å². The smallest absolute Gasteiger partial charge is 0.227 e. The summed E-state index contributed by atoms with van der Waals surface area (Å²) in [4.78, 5) is 11.2. The molecule has 2 aromatic rings. The van der Waals surface area contributed by atoms with Crippen LogP contribution in [0, 0.1) is 17.2 Å². The van der Waals surface area contributed by atoms with Gasteiger partial charge in [-0.3, -0.25) is 0 Å². The number of aromatic nitrogens is 2. The second kappa shape index (κ2) is 6.79. The zero-order chi connectivity index (χ0) is 17.1. The lowest BCUT2D eigenvalue weighted by atomic mass is 9.94. The van der Waals surface area contributed by atoms with Gasteiger partial charge in [-0.2, -0.15) is 10.2 Å². The maximum absolute atomic E-state index is 8.82. The fourth-order valence-electron chi connectivity index (χ4n) is 3.07. The average Bonchev–Trinajstić information content (AvgIpc) is 2.61. The van der Waals surface area contributed by atoms with Gasteiger partial charge in [0.25, 0.3) is 0 Å². The maximum atomic E-state index is 8.82. The Morgan fingerprint density at radius 2 is 1.88 bits per heavy atom. The van der Waals surface area contributed by atoms with Crippen molar-refractivity contribution in [2.24, 2.45) is 5.92 Å². The van der Waals surface area contributed by atoms with Gasteiger partial charge >= 0.3 is 0 Å². The first-order valence-corrected chi connectivity index (χ1v) is 7.97. The first-order chi connectivity index (χ1) is 11.7. The van der Waals surface area contributed by atoms with Crippen molar-refractivity contribution in [3.63, 3.8) is 0 Å². The maximum Gasteiger partial charge on any atom is 0.227 e. The summed E-state index contributed by atoms with van der Waals surface area (Å²) in [6.07, 6.45) is 2.56. The molecule has 1 aromatic carbocycles. The standard InChI is InChI=1S/C17H21N5O2/c1-23-14-9-12-13(10-15(14)24-2)20-17(21-16(12)19)22-7-4-11(3-6-18)5-8-22/h9-11H,3-5,7-8H2,1-2H3,(H2,19,20,21). The molecule has 2 heterocycles. The van der Waals surface area contributed by atoms with Crippen molar-refractivity contribution < 1.29 is 9.47 Å². The van der Waals surface area contributed by atoms with E-state index in [4.69, 9.17) is 20.5 Å². The number of hydrogen-bond donors (Lipinski definition) is 1. The molecule has 1 saturated heterocycles. The van der Waals surface area contributed by atoms with E-state index in [1.165, 1.54) is 0 Å². The van der Waals surface area contributed by atoms with Gasteiger partial charge in [-0.05, 0) is 24.8 Å². The first kappa shape index (κ1) is 16.1. The van der Waals surface area contributed by atoms with Crippen molar-refractivity contribution in [1.29, 1.82) is 5.26 Å². The van der Waals surface area contributed by atoms with E-state index in [0.717, 1.165) is 36.8 Å². The van der Waals surface area contributed by atoms with Crippen LogP contribution in [0.25, 0.3) is 10.9 Å². The molecule has 0 radical (unpaired) electrons. The lowest BCUT2D eigenvalue weighted by Crippen LogP contribution is -2.34. The predicted octanol–water partition coefficient (Wildman–Crippen LogP) is 2.36. The molecule has 1 aliphatic heterocycles. The minimum Gasteiger partial charge on any atom is -0.493 e. The lowest BCUT2D eigenvalue weighted by molar-refractivity contribution is 0.356. The Labute approximate surface area is 141 Å². The third kappa shape index (κ3) is 3.00. The number of fused-ring (bicyclic) bond motifs is 1. The second-order valence-corrected chi connectivity index (χ2v) is 5.93. The number of nitrogens with zero attached hydrogens (tertiary/aromatic N) is 4. The molecule has 7 heteroatoms.